The first-order valence-electron chi connectivity index (χ1n) is 8.19. The third-order valence-corrected chi connectivity index (χ3v) is 5.61. The highest BCUT2D eigenvalue weighted by Crippen LogP contribution is 2.33. The van der Waals surface area contributed by atoms with Gasteiger partial charge in [0.05, 0.1) is 6.61 Å². The fourth-order valence-electron chi connectivity index (χ4n) is 2.61. The zero-order chi connectivity index (χ0) is 16.9. The zero-order valence-corrected chi connectivity index (χ0v) is 15.2. The average molecular weight is 370 g/mol. The first-order chi connectivity index (χ1) is 12.4. The third-order valence-electron chi connectivity index (χ3n) is 3.83. The van der Waals surface area contributed by atoms with Crippen molar-refractivity contribution in [1.82, 2.24) is 10.5 Å². The summed E-state index contributed by atoms with van der Waals surface area (Å²) < 4.78 is 12.3. The average Bonchev–Trinajstić information content (AvgIpc) is 3.35. The molecule has 0 unspecified atom stereocenters. The summed E-state index contributed by atoms with van der Waals surface area (Å²) >= 11 is 3.42. The Morgan fingerprint density at radius 2 is 2.08 bits per heavy atom. The summed E-state index contributed by atoms with van der Waals surface area (Å²) in [4.78, 5) is 1.36. The SMILES string of the molecule is c1cc(OCCCNCc2cccs2)cc(-c2noc3ccsc23)c1. The number of aromatic nitrogens is 1. The normalized spacial score (nSPS) is 11.2. The molecule has 0 bridgehead atoms. The molecule has 0 spiro atoms. The van der Waals surface area contributed by atoms with E-state index in [0.717, 1.165) is 46.8 Å². The molecule has 0 radical (unpaired) electrons. The Hall–Kier alpha value is -2.15. The van der Waals surface area contributed by atoms with Gasteiger partial charge in [0.2, 0.25) is 0 Å². The second kappa shape index (κ2) is 7.82. The van der Waals surface area contributed by atoms with E-state index < -0.39 is 0 Å². The van der Waals surface area contributed by atoms with Crippen molar-refractivity contribution in [2.75, 3.05) is 13.2 Å². The molecule has 0 aliphatic carbocycles. The molecule has 1 N–H and O–H groups in total. The number of rotatable bonds is 8. The van der Waals surface area contributed by atoms with Crippen molar-refractivity contribution in [2.45, 2.75) is 13.0 Å². The molecule has 0 saturated carbocycles. The van der Waals surface area contributed by atoms with Gasteiger partial charge < -0.3 is 14.6 Å². The number of thiophene rings is 2. The predicted molar refractivity (Wildman–Crippen MR) is 103 cm³/mol. The highest BCUT2D eigenvalue weighted by atomic mass is 32.1. The summed E-state index contributed by atoms with van der Waals surface area (Å²) in [5, 5.41) is 11.7. The van der Waals surface area contributed by atoms with Crippen LogP contribution in [0.5, 0.6) is 5.75 Å². The molecule has 1 aromatic carbocycles. The smallest absolute Gasteiger partial charge is 0.178 e. The molecule has 0 fully saturated rings. The van der Waals surface area contributed by atoms with Crippen LogP contribution in [0.15, 0.2) is 57.7 Å². The van der Waals surface area contributed by atoms with E-state index in [1.807, 2.05) is 35.7 Å². The van der Waals surface area contributed by atoms with Gasteiger partial charge >= 0.3 is 0 Å². The van der Waals surface area contributed by atoms with Crippen molar-refractivity contribution < 1.29 is 9.26 Å². The molecule has 4 rings (SSSR count). The largest absolute Gasteiger partial charge is 0.494 e. The number of ether oxygens (including phenoxy) is 1. The van der Waals surface area contributed by atoms with E-state index in [1.165, 1.54) is 4.88 Å². The number of hydrogen-bond acceptors (Lipinski definition) is 6. The maximum atomic E-state index is 5.88. The summed E-state index contributed by atoms with van der Waals surface area (Å²) in [5.41, 5.74) is 2.74. The van der Waals surface area contributed by atoms with Gasteiger partial charge in [-0.2, -0.15) is 0 Å². The molecule has 0 aliphatic rings. The fourth-order valence-corrected chi connectivity index (χ4v) is 4.10. The fraction of sp³-hybridized carbons (Fsp3) is 0.211. The minimum Gasteiger partial charge on any atom is -0.494 e. The monoisotopic (exact) mass is 370 g/mol. The minimum atomic E-state index is 0.689. The Bertz CT molecular complexity index is 928. The minimum absolute atomic E-state index is 0.689. The van der Waals surface area contributed by atoms with Gasteiger partial charge in [0.15, 0.2) is 5.58 Å². The van der Waals surface area contributed by atoms with Crippen molar-refractivity contribution in [3.8, 4) is 17.0 Å². The Morgan fingerprint density at radius 3 is 3.00 bits per heavy atom. The topological polar surface area (TPSA) is 47.3 Å². The van der Waals surface area contributed by atoms with Gasteiger partial charge in [-0.25, -0.2) is 0 Å². The second-order valence-corrected chi connectivity index (χ2v) is 7.58. The number of hydrogen-bond donors (Lipinski definition) is 1. The number of nitrogens with zero attached hydrogens (tertiary/aromatic N) is 1. The van der Waals surface area contributed by atoms with Gasteiger partial charge in [0.1, 0.15) is 16.1 Å². The third kappa shape index (κ3) is 3.92. The van der Waals surface area contributed by atoms with Crippen molar-refractivity contribution >= 4 is 33.0 Å². The second-order valence-electron chi connectivity index (χ2n) is 5.63. The maximum Gasteiger partial charge on any atom is 0.178 e. The highest BCUT2D eigenvalue weighted by Gasteiger charge is 2.12. The maximum absolute atomic E-state index is 5.88. The lowest BCUT2D eigenvalue weighted by Crippen LogP contribution is -2.16. The van der Waals surface area contributed by atoms with Gasteiger partial charge in [-0.15, -0.1) is 22.7 Å². The van der Waals surface area contributed by atoms with Crippen LogP contribution in [0.1, 0.15) is 11.3 Å². The van der Waals surface area contributed by atoms with E-state index in [9.17, 15) is 0 Å². The van der Waals surface area contributed by atoms with E-state index in [4.69, 9.17) is 9.26 Å². The number of fused-ring (bicyclic) bond motifs is 1. The van der Waals surface area contributed by atoms with Gasteiger partial charge in [-0.3, -0.25) is 0 Å². The Morgan fingerprint density at radius 1 is 1.08 bits per heavy atom. The standard InChI is InChI=1S/C19H18N2O2S2/c1-4-14(18-19-17(23-21-18)7-11-25-19)12-15(5-1)22-9-3-8-20-13-16-6-2-10-24-16/h1-2,4-7,10-12,20H,3,8-9,13H2. The van der Waals surface area contributed by atoms with Crippen molar-refractivity contribution in [1.29, 1.82) is 0 Å². The van der Waals surface area contributed by atoms with Crippen molar-refractivity contribution in [3.05, 3.63) is 58.1 Å². The van der Waals surface area contributed by atoms with Crippen LogP contribution < -0.4 is 10.1 Å². The summed E-state index contributed by atoms with van der Waals surface area (Å²) in [6.07, 6.45) is 0.967. The Kier molecular flexibility index (Phi) is 5.11. The van der Waals surface area contributed by atoms with E-state index in [-0.39, 0.29) is 0 Å². The summed E-state index contributed by atoms with van der Waals surface area (Å²) in [7, 11) is 0. The first-order valence-corrected chi connectivity index (χ1v) is 9.95. The molecule has 0 amide bonds. The number of nitrogens with one attached hydrogen (secondary N) is 1. The van der Waals surface area contributed by atoms with Crippen LogP contribution in [0.3, 0.4) is 0 Å². The molecule has 6 heteroatoms. The van der Waals surface area contributed by atoms with Crippen LogP contribution in [0.25, 0.3) is 21.5 Å². The molecule has 4 nitrogen and oxygen atoms in total. The molecular weight excluding hydrogens is 352 g/mol. The zero-order valence-electron chi connectivity index (χ0n) is 13.6. The van der Waals surface area contributed by atoms with E-state index in [2.05, 4.69) is 28.0 Å². The van der Waals surface area contributed by atoms with Gasteiger partial charge in [-0.1, -0.05) is 23.4 Å². The molecule has 3 heterocycles. The lowest BCUT2D eigenvalue weighted by molar-refractivity contribution is 0.308. The van der Waals surface area contributed by atoms with Crippen molar-refractivity contribution in [2.24, 2.45) is 0 Å². The lowest BCUT2D eigenvalue weighted by Gasteiger charge is -2.08. The van der Waals surface area contributed by atoms with E-state index in [0.29, 0.717) is 6.61 Å². The van der Waals surface area contributed by atoms with Crippen LogP contribution in [0.2, 0.25) is 0 Å². The van der Waals surface area contributed by atoms with E-state index in [1.54, 1.807) is 22.7 Å². The first kappa shape index (κ1) is 16.3. The molecule has 128 valence electrons. The van der Waals surface area contributed by atoms with Crippen LogP contribution in [-0.2, 0) is 6.54 Å². The van der Waals surface area contributed by atoms with E-state index >= 15 is 0 Å². The molecule has 4 aromatic rings. The molecule has 25 heavy (non-hydrogen) atoms. The van der Waals surface area contributed by atoms with Crippen LogP contribution in [0.4, 0.5) is 0 Å². The molecule has 0 atom stereocenters. The van der Waals surface area contributed by atoms with Crippen LogP contribution >= 0.6 is 22.7 Å². The molecule has 0 aliphatic heterocycles. The van der Waals surface area contributed by atoms with Crippen LogP contribution in [0, 0.1) is 0 Å². The van der Waals surface area contributed by atoms with Gasteiger partial charge in [0.25, 0.3) is 0 Å². The Labute approximate surface area is 154 Å². The van der Waals surface area contributed by atoms with Gasteiger partial charge in [-0.05, 0) is 48.0 Å². The summed E-state index contributed by atoms with van der Waals surface area (Å²) in [6.45, 7) is 2.56. The molecule has 0 saturated heterocycles. The Balaban J connectivity index is 1.29. The summed E-state index contributed by atoms with van der Waals surface area (Å²) in [6, 6.07) is 14.2. The lowest BCUT2D eigenvalue weighted by atomic mass is 10.1. The highest BCUT2D eigenvalue weighted by molar-refractivity contribution is 7.17. The quantitative estimate of drug-likeness (QED) is 0.434. The number of benzene rings is 1. The predicted octanol–water partition coefficient (Wildman–Crippen LogP) is 5.18. The molecular formula is C19H18N2O2S2. The molecule has 3 aromatic heterocycles. The van der Waals surface area contributed by atoms with Crippen molar-refractivity contribution in [3.63, 3.8) is 0 Å². The summed E-state index contributed by atoms with van der Waals surface area (Å²) in [5.74, 6) is 0.864. The van der Waals surface area contributed by atoms with Gasteiger partial charge in [0, 0.05) is 17.0 Å². The van der Waals surface area contributed by atoms with Crippen LogP contribution in [-0.4, -0.2) is 18.3 Å².